The third kappa shape index (κ3) is 10.2. The zero-order chi connectivity index (χ0) is 75.4. The van der Waals surface area contributed by atoms with Gasteiger partial charge in [-0.1, -0.05) is 324 Å². The van der Waals surface area contributed by atoms with Crippen LogP contribution < -0.4 is 52.1 Å². The number of benzene rings is 17. The number of ether oxygens (including phenoxy) is 2. The molecule has 0 unspecified atom stereocenters. The molecule has 6 nitrogen and oxygen atoms in total. The molecule has 0 fully saturated rings. The van der Waals surface area contributed by atoms with Crippen molar-refractivity contribution in [3.8, 4) is 107 Å². The Balaban J connectivity index is 0.889. The van der Waals surface area contributed by atoms with E-state index in [0.29, 0.717) is 0 Å². The van der Waals surface area contributed by atoms with Crippen LogP contribution in [0.5, 0.6) is 23.0 Å². The van der Waals surface area contributed by atoms with E-state index in [2.05, 4.69) is 405 Å². The van der Waals surface area contributed by atoms with Crippen LogP contribution in [-0.2, 0) is 5.41 Å². The van der Waals surface area contributed by atoms with Gasteiger partial charge in [0.2, 0.25) is 0 Å². The molecular formula is C106H71B2N3O3. The molecule has 0 N–H and O–H groups in total. The maximum Gasteiger partial charge on any atom is 0.260 e. The van der Waals surface area contributed by atoms with E-state index in [-0.39, 0.29) is 5.41 Å². The maximum atomic E-state index is 8.44. The van der Waals surface area contributed by atoms with E-state index < -0.39 is 13.4 Å². The number of nitrogens with zero attached hydrogens (tertiary/aromatic N) is 3. The normalized spacial score (nSPS) is 12.9. The van der Waals surface area contributed by atoms with Gasteiger partial charge in [-0.15, -0.1) is 0 Å². The zero-order valence-electron chi connectivity index (χ0n) is 63.0. The zero-order valence-corrected chi connectivity index (χ0v) is 63.0. The standard InChI is InChI=1S/C106H71B2N3O3/c1-106(2,3)75-62-92-99-93(63-75)111(103-79(70-38-18-8-19-39-70)47-29-48-80(103)71-40-20-9-21-41-71)94-65-98-101-105(100(94)108(99)86-55-52-72(66-30-10-4-11-31-66)61-91(86)110(92)102-77(68-34-14-6-15-35-68)45-28-46-78(102)69-36-16-7-17-37-69)113-97-64-76(109-89-49-25-22-42-81(89)82-43-23-26-50-90(82)109)54-56-87(97)107(101)88-60-74(67-32-12-5-13-33-67)59-84(104(88)114-98)73-53-57-96-85(58-73)83-44-24-27-51-95(83)112-96/h4-65H,1-3H3. The predicted molar refractivity (Wildman–Crippen MR) is 477 cm³/mol. The summed E-state index contributed by atoms with van der Waals surface area (Å²) in [4.78, 5) is 5.31. The second kappa shape index (κ2) is 25.6. The summed E-state index contributed by atoms with van der Waals surface area (Å²) in [6.45, 7) is 6.24. The molecule has 4 aliphatic heterocycles. The molecule has 19 aromatic rings. The molecule has 0 saturated carbocycles. The van der Waals surface area contributed by atoms with Gasteiger partial charge in [0.25, 0.3) is 13.4 Å². The van der Waals surface area contributed by atoms with Gasteiger partial charge >= 0.3 is 0 Å². The minimum atomic E-state index is -0.452. The fourth-order valence-corrected chi connectivity index (χ4v) is 19.0. The van der Waals surface area contributed by atoms with Gasteiger partial charge in [-0.05, 0) is 149 Å². The molecule has 0 amide bonds. The Bertz CT molecular complexity index is 6990. The SMILES string of the molecule is CC(C)(C)c1cc2c3c(c1)N(c1c(-c4ccccc4)cccc1-c1ccccc1)c1cc4c5c(c1B3c1ccc(-c3ccccc3)cc1N2c1c(-c2ccccc2)cccc1-c1ccccc1)Oc1cc(-n2c3ccccc3c3ccccc32)ccc1B5c1cc(-c2ccccc2)cc(-c2ccc3oc5ccccc5c3c2)c1O4. The van der Waals surface area contributed by atoms with Gasteiger partial charge in [-0.2, -0.15) is 0 Å². The highest BCUT2D eigenvalue weighted by Gasteiger charge is 2.52. The van der Waals surface area contributed by atoms with Crippen LogP contribution in [0.25, 0.3) is 127 Å². The van der Waals surface area contributed by atoms with E-state index in [1.165, 1.54) is 16.3 Å². The molecule has 4 aliphatic rings. The summed E-state index contributed by atoms with van der Waals surface area (Å²) in [5.41, 5.74) is 33.7. The van der Waals surface area contributed by atoms with Crippen molar-refractivity contribution in [1.82, 2.24) is 4.57 Å². The summed E-state index contributed by atoms with van der Waals surface area (Å²) in [6, 6.07) is 139. The smallest absolute Gasteiger partial charge is 0.260 e. The molecule has 114 heavy (non-hydrogen) atoms. The highest BCUT2D eigenvalue weighted by Crippen LogP contribution is 2.56. The van der Waals surface area contributed by atoms with Crippen LogP contribution in [0.15, 0.2) is 381 Å². The number of hydrogen-bond donors (Lipinski definition) is 0. The van der Waals surface area contributed by atoms with Crippen LogP contribution >= 0.6 is 0 Å². The largest absolute Gasteiger partial charge is 0.459 e. The van der Waals surface area contributed by atoms with Gasteiger partial charge in [0.05, 0.1) is 22.4 Å². The third-order valence-corrected chi connectivity index (χ3v) is 24.2. The van der Waals surface area contributed by atoms with Gasteiger partial charge < -0.3 is 28.3 Å². The molecule has 0 spiro atoms. The lowest BCUT2D eigenvalue weighted by atomic mass is 9.30. The lowest BCUT2D eigenvalue weighted by Crippen LogP contribution is -2.65. The maximum absolute atomic E-state index is 8.44. The molecule has 8 heteroatoms. The Hall–Kier alpha value is -14.3. The van der Waals surface area contributed by atoms with Crippen molar-refractivity contribution in [2.75, 3.05) is 9.80 Å². The Kier molecular flexibility index (Phi) is 14.7. The van der Waals surface area contributed by atoms with Crippen LogP contribution in [0.3, 0.4) is 0 Å². The first-order chi connectivity index (χ1) is 56.2. The lowest BCUT2D eigenvalue weighted by Gasteiger charge is -2.48. The number of fused-ring (bicyclic) bond motifs is 15. The number of hydrogen-bond acceptors (Lipinski definition) is 5. The third-order valence-electron chi connectivity index (χ3n) is 24.2. The van der Waals surface area contributed by atoms with Crippen molar-refractivity contribution < 1.29 is 13.9 Å². The van der Waals surface area contributed by atoms with E-state index in [9.17, 15) is 0 Å². The van der Waals surface area contributed by atoms with E-state index >= 15 is 0 Å². The second-order valence-corrected chi connectivity index (χ2v) is 31.7. The van der Waals surface area contributed by atoms with Crippen molar-refractivity contribution >= 4 is 124 Å². The number of rotatable bonds is 10. The first-order valence-electron chi connectivity index (χ1n) is 39.5. The molecule has 0 saturated heterocycles. The molecular weight excluding hydrogens is 1380 g/mol. The van der Waals surface area contributed by atoms with Gasteiger partial charge in [0.15, 0.2) is 0 Å². The summed E-state index contributed by atoms with van der Waals surface area (Å²) < 4.78 is 25.7. The second-order valence-electron chi connectivity index (χ2n) is 31.7. The van der Waals surface area contributed by atoms with Crippen molar-refractivity contribution in [1.29, 1.82) is 0 Å². The number of furan rings is 1. The fourth-order valence-electron chi connectivity index (χ4n) is 19.0. The fraction of sp³-hybridized carbons (Fsp3) is 0.0377. The Labute approximate surface area is 662 Å². The number of anilines is 6. The van der Waals surface area contributed by atoms with Crippen LogP contribution in [0.2, 0.25) is 0 Å². The molecule has 0 atom stereocenters. The summed E-state index contributed by atoms with van der Waals surface area (Å²) >= 11 is 0. The van der Waals surface area contributed by atoms with Gasteiger partial charge in [0, 0.05) is 95.4 Å². The number of para-hydroxylation sites is 5. The predicted octanol–water partition coefficient (Wildman–Crippen LogP) is 24.5. The lowest BCUT2D eigenvalue weighted by molar-refractivity contribution is 0.468. The molecule has 6 heterocycles. The first-order valence-corrected chi connectivity index (χ1v) is 39.5. The van der Waals surface area contributed by atoms with E-state index in [4.69, 9.17) is 13.9 Å². The molecule has 17 aromatic carbocycles. The van der Waals surface area contributed by atoms with Crippen molar-refractivity contribution in [2.45, 2.75) is 26.2 Å². The summed E-state index contributed by atoms with van der Waals surface area (Å²) in [7, 11) is 0. The first kappa shape index (κ1) is 65.5. The Morgan fingerprint density at radius 2 is 0.728 bits per heavy atom. The van der Waals surface area contributed by atoms with E-state index in [1.807, 2.05) is 6.07 Å². The van der Waals surface area contributed by atoms with Gasteiger partial charge in [-0.25, -0.2) is 0 Å². The summed E-state index contributed by atoms with van der Waals surface area (Å²) in [5, 5.41) is 4.48. The molecule has 0 bridgehead atoms. The Morgan fingerprint density at radius 1 is 0.263 bits per heavy atom. The molecule has 0 radical (unpaired) electrons. The highest BCUT2D eigenvalue weighted by molar-refractivity contribution is 7.03. The van der Waals surface area contributed by atoms with Crippen LogP contribution in [0.1, 0.15) is 26.3 Å². The monoisotopic (exact) mass is 1460 g/mol. The van der Waals surface area contributed by atoms with E-state index in [1.54, 1.807) is 0 Å². The molecule has 534 valence electrons. The minimum Gasteiger partial charge on any atom is -0.459 e. The van der Waals surface area contributed by atoms with E-state index in [0.717, 1.165) is 206 Å². The average Bonchev–Trinajstić information content (AvgIpc) is 1.15. The van der Waals surface area contributed by atoms with Crippen molar-refractivity contribution in [3.63, 3.8) is 0 Å². The summed E-state index contributed by atoms with van der Waals surface area (Å²) in [5.74, 6) is 3.06. The van der Waals surface area contributed by atoms with Crippen LogP contribution in [0.4, 0.5) is 34.1 Å². The van der Waals surface area contributed by atoms with Crippen LogP contribution in [0, 0.1) is 0 Å². The molecule has 23 rings (SSSR count). The number of aromatic nitrogens is 1. The average molecular weight is 1460 g/mol. The molecule has 0 aliphatic carbocycles. The van der Waals surface area contributed by atoms with Crippen molar-refractivity contribution in [3.05, 3.63) is 382 Å². The van der Waals surface area contributed by atoms with Gasteiger partial charge in [0.1, 0.15) is 34.2 Å². The minimum absolute atomic E-state index is 0.378. The summed E-state index contributed by atoms with van der Waals surface area (Å²) in [6.07, 6.45) is 0. The highest BCUT2D eigenvalue weighted by atomic mass is 16.5. The topological polar surface area (TPSA) is 43.0 Å². The Morgan fingerprint density at radius 3 is 1.29 bits per heavy atom. The molecule has 2 aromatic heterocycles. The van der Waals surface area contributed by atoms with Crippen molar-refractivity contribution in [2.24, 2.45) is 0 Å². The van der Waals surface area contributed by atoms with Crippen LogP contribution in [-0.4, -0.2) is 18.0 Å². The quantitative estimate of drug-likeness (QED) is 0.128. The van der Waals surface area contributed by atoms with Gasteiger partial charge in [-0.3, -0.25) is 0 Å².